The third-order valence-corrected chi connectivity index (χ3v) is 8.36. The van der Waals surface area contributed by atoms with Gasteiger partial charge in [0.25, 0.3) is 10.0 Å². The maximum absolute atomic E-state index is 13.8. The number of hydrogen-bond acceptors (Lipinski definition) is 7. The van der Waals surface area contributed by atoms with Crippen molar-refractivity contribution in [1.29, 1.82) is 0 Å². The molecule has 0 unspecified atom stereocenters. The molecular formula is C26H29ClN2O6S2. The van der Waals surface area contributed by atoms with Crippen molar-refractivity contribution in [2.75, 3.05) is 44.5 Å². The summed E-state index contributed by atoms with van der Waals surface area (Å²) in [7, 11) is 0.0381. The SMILES string of the molecule is COc1ccc(S(=O)(=O)N(CC(=O)NCCSc2ccc(C)cc2)c2cc(Cl)ccc2OC)cc1OC. The molecule has 0 heterocycles. The average Bonchev–Trinajstić information content (AvgIpc) is 2.90. The van der Waals surface area contributed by atoms with Gasteiger partial charge in [-0.2, -0.15) is 0 Å². The number of thioether (sulfide) groups is 1. The molecule has 0 fully saturated rings. The summed E-state index contributed by atoms with van der Waals surface area (Å²) in [5.74, 6) is 1.00. The first-order valence-electron chi connectivity index (χ1n) is 11.2. The van der Waals surface area contributed by atoms with Crippen molar-refractivity contribution in [2.24, 2.45) is 0 Å². The van der Waals surface area contributed by atoms with Gasteiger partial charge in [0.05, 0.1) is 31.9 Å². The Kier molecular flexibility index (Phi) is 9.96. The van der Waals surface area contributed by atoms with E-state index < -0.39 is 22.5 Å². The molecular weight excluding hydrogens is 536 g/mol. The summed E-state index contributed by atoms with van der Waals surface area (Å²) < 4.78 is 44.5. The van der Waals surface area contributed by atoms with Gasteiger partial charge in [0.2, 0.25) is 5.91 Å². The second-order valence-corrected chi connectivity index (χ2v) is 11.3. The summed E-state index contributed by atoms with van der Waals surface area (Å²) in [4.78, 5) is 13.9. The average molecular weight is 565 g/mol. The Labute approximate surface area is 226 Å². The van der Waals surface area contributed by atoms with E-state index in [4.69, 9.17) is 25.8 Å². The molecule has 0 saturated carbocycles. The van der Waals surface area contributed by atoms with E-state index in [9.17, 15) is 13.2 Å². The molecule has 3 aromatic carbocycles. The van der Waals surface area contributed by atoms with Crippen LogP contribution in [0.4, 0.5) is 5.69 Å². The van der Waals surface area contributed by atoms with Crippen LogP contribution in [0.15, 0.2) is 70.5 Å². The molecule has 198 valence electrons. The number of sulfonamides is 1. The van der Waals surface area contributed by atoms with Crippen LogP contribution in [-0.4, -0.2) is 54.5 Å². The molecule has 0 aliphatic heterocycles. The second kappa shape index (κ2) is 12.9. The highest BCUT2D eigenvalue weighted by molar-refractivity contribution is 7.99. The number of halogens is 1. The summed E-state index contributed by atoms with van der Waals surface area (Å²) in [6.45, 7) is 1.89. The number of ether oxygens (including phenoxy) is 3. The number of carbonyl (C=O) groups excluding carboxylic acids is 1. The first-order chi connectivity index (χ1) is 17.7. The van der Waals surface area contributed by atoms with E-state index in [1.54, 1.807) is 23.9 Å². The number of rotatable bonds is 12. The van der Waals surface area contributed by atoms with Gasteiger partial charge in [-0.1, -0.05) is 29.3 Å². The zero-order valence-electron chi connectivity index (χ0n) is 21.0. The first kappa shape index (κ1) is 28.5. The summed E-state index contributed by atoms with van der Waals surface area (Å²) in [5, 5.41) is 3.09. The molecule has 0 atom stereocenters. The molecule has 0 spiro atoms. The van der Waals surface area contributed by atoms with Crippen molar-refractivity contribution in [3.63, 3.8) is 0 Å². The van der Waals surface area contributed by atoms with Gasteiger partial charge in [-0.25, -0.2) is 8.42 Å². The summed E-state index contributed by atoms with van der Waals surface area (Å²) >= 11 is 7.79. The summed E-state index contributed by atoms with van der Waals surface area (Å²) in [6.07, 6.45) is 0. The van der Waals surface area contributed by atoms with Gasteiger partial charge in [0.1, 0.15) is 12.3 Å². The molecule has 0 bridgehead atoms. The summed E-state index contributed by atoms with van der Waals surface area (Å²) in [5.41, 5.74) is 1.30. The predicted molar refractivity (Wildman–Crippen MR) is 147 cm³/mol. The van der Waals surface area contributed by atoms with Crippen LogP contribution in [0.5, 0.6) is 17.2 Å². The Balaban J connectivity index is 1.85. The zero-order valence-corrected chi connectivity index (χ0v) is 23.4. The van der Waals surface area contributed by atoms with Crippen LogP contribution in [-0.2, 0) is 14.8 Å². The Morgan fingerprint density at radius 2 is 1.57 bits per heavy atom. The van der Waals surface area contributed by atoms with Gasteiger partial charge >= 0.3 is 0 Å². The van der Waals surface area contributed by atoms with Crippen LogP contribution >= 0.6 is 23.4 Å². The highest BCUT2D eigenvalue weighted by Crippen LogP contribution is 2.37. The quantitative estimate of drug-likeness (QED) is 0.250. The highest BCUT2D eigenvalue weighted by Gasteiger charge is 2.30. The maximum Gasteiger partial charge on any atom is 0.265 e. The smallest absolute Gasteiger partial charge is 0.265 e. The van der Waals surface area contributed by atoms with E-state index in [1.807, 2.05) is 31.2 Å². The fourth-order valence-corrected chi connectivity index (χ4v) is 5.82. The van der Waals surface area contributed by atoms with Crippen LogP contribution in [0.2, 0.25) is 5.02 Å². The van der Waals surface area contributed by atoms with Crippen molar-refractivity contribution in [2.45, 2.75) is 16.7 Å². The van der Waals surface area contributed by atoms with E-state index in [-0.39, 0.29) is 22.1 Å². The van der Waals surface area contributed by atoms with Crippen LogP contribution < -0.4 is 23.8 Å². The molecule has 0 saturated heterocycles. The fraction of sp³-hybridized carbons (Fsp3) is 0.269. The summed E-state index contributed by atoms with van der Waals surface area (Å²) in [6, 6.07) is 16.9. The lowest BCUT2D eigenvalue weighted by Gasteiger charge is -2.26. The molecule has 1 N–H and O–H groups in total. The lowest BCUT2D eigenvalue weighted by Crippen LogP contribution is -2.41. The van der Waals surface area contributed by atoms with Crippen LogP contribution in [0.1, 0.15) is 5.56 Å². The molecule has 3 rings (SSSR count). The zero-order chi connectivity index (χ0) is 27.0. The van der Waals surface area contributed by atoms with E-state index in [1.165, 1.54) is 51.2 Å². The number of hydrogen-bond donors (Lipinski definition) is 1. The number of carbonyl (C=O) groups is 1. The Bertz CT molecular complexity index is 1330. The first-order valence-corrected chi connectivity index (χ1v) is 14.0. The van der Waals surface area contributed by atoms with Gasteiger partial charge in [0.15, 0.2) is 11.5 Å². The predicted octanol–water partition coefficient (Wildman–Crippen LogP) is 4.78. The molecule has 37 heavy (non-hydrogen) atoms. The van der Waals surface area contributed by atoms with Gasteiger partial charge in [0, 0.05) is 28.3 Å². The largest absolute Gasteiger partial charge is 0.495 e. The molecule has 1 amide bonds. The minimum atomic E-state index is -4.24. The lowest BCUT2D eigenvalue weighted by atomic mass is 10.2. The standard InChI is InChI=1S/C26H29ClN2O6S2/c1-18-5-8-20(9-6-18)36-14-13-28-26(30)17-29(22-15-19(27)7-11-23(22)33-2)37(31,32)21-10-12-24(34-3)25(16-21)35-4/h5-12,15-16H,13-14,17H2,1-4H3,(H,28,30). The normalized spacial score (nSPS) is 11.1. The second-order valence-electron chi connectivity index (χ2n) is 7.86. The number of methoxy groups -OCH3 is 3. The van der Waals surface area contributed by atoms with Gasteiger partial charge in [-0.05, 0) is 49.4 Å². The van der Waals surface area contributed by atoms with E-state index in [2.05, 4.69) is 5.32 Å². The molecule has 11 heteroatoms. The van der Waals surface area contributed by atoms with Crippen molar-refractivity contribution < 1.29 is 27.4 Å². The van der Waals surface area contributed by atoms with E-state index in [0.717, 1.165) is 9.20 Å². The molecule has 0 aliphatic rings. The van der Waals surface area contributed by atoms with E-state index >= 15 is 0 Å². The lowest BCUT2D eigenvalue weighted by molar-refractivity contribution is -0.119. The molecule has 0 aliphatic carbocycles. The van der Waals surface area contributed by atoms with Crippen LogP contribution in [0, 0.1) is 6.92 Å². The number of nitrogens with zero attached hydrogens (tertiary/aromatic N) is 1. The molecule has 0 radical (unpaired) electrons. The van der Waals surface area contributed by atoms with Gasteiger partial charge in [-0.3, -0.25) is 9.10 Å². The number of amides is 1. The maximum atomic E-state index is 13.8. The van der Waals surface area contributed by atoms with Crippen molar-refractivity contribution >= 4 is 45.0 Å². The highest BCUT2D eigenvalue weighted by atomic mass is 35.5. The Morgan fingerprint density at radius 3 is 2.22 bits per heavy atom. The topological polar surface area (TPSA) is 94.2 Å². The van der Waals surface area contributed by atoms with Crippen LogP contribution in [0.25, 0.3) is 0 Å². The van der Waals surface area contributed by atoms with Crippen molar-refractivity contribution in [3.8, 4) is 17.2 Å². The minimum Gasteiger partial charge on any atom is -0.495 e. The number of anilines is 1. The number of nitrogens with one attached hydrogen (secondary N) is 1. The van der Waals surface area contributed by atoms with Gasteiger partial charge < -0.3 is 19.5 Å². The van der Waals surface area contributed by atoms with Crippen molar-refractivity contribution in [3.05, 3.63) is 71.2 Å². The van der Waals surface area contributed by atoms with E-state index in [0.29, 0.717) is 23.1 Å². The molecule has 0 aromatic heterocycles. The number of aryl methyl sites for hydroxylation is 1. The Hall–Kier alpha value is -3.08. The third-order valence-electron chi connectivity index (χ3n) is 5.35. The monoisotopic (exact) mass is 564 g/mol. The van der Waals surface area contributed by atoms with Crippen molar-refractivity contribution in [1.82, 2.24) is 5.32 Å². The molecule has 8 nitrogen and oxygen atoms in total. The number of benzene rings is 3. The van der Waals surface area contributed by atoms with Crippen LogP contribution in [0.3, 0.4) is 0 Å². The fourth-order valence-electron chi connectivity index (χ4n) is 3.44. The minimum absolute atomic E-state index is 0.0881. The van der Waals surface area contributed by atoms with Gasteiger partial charge in [-0.15, -0.1) is 11.8 Å². The molecule has 3 aromatic rings. The Morgan fingerprint density at radius 1 is 0.919 bits per heavy atom. The third kappa shape index (κ3) is 7.24.